The maximum Gasteiger partial charge on any atom is 0.308 e. The number of ether oxygens (including phenoxy) is 2. The van der Waals surface area contributed by atoms with Crippen LogP contribution in [0.2, 0.25) is 0 Å². The standard InChI is InChI=1S/C10H10N2O4/c1-12-8(6-11)7(4-9(13)15-2)5-10(14)16-3/h4,13H,5H2,2-3H3/b8-7-,9-4+. The molecule has 6 heteroatoms. The molecule has 0 aromatic carbocycles. The summed E-state index contributed by atoms with van der Waals surface area (Å²) in [7, 11) is 2.40. The van der Waals surface area contributed by atoms with E-state index in [4.69, 9.17) is 16.9 Å². The van der Waals surface area contributed by atoms with E-state index in [9.17, 15) is 4.79 Å². The van der Waals surface area contributed by atoms with Gasteiger partial charge in [0.25, 0.3) is 11.6 Å². The van der Waals surface area contributed by atoms with E-state index in [0.717, 1.165) is 6.08 Å². The molecule has 0 heterocycles. The number of carbonyl (C=O) groups is 1. The van der Waals surface area contributed by atoms with Crippen molar-refractivity contribution in [3.05, 3.63) is 34.7 Å². The summed E-state index contributed by atoms with van der Waals surface area (Å²) in [5, 5.41) is 17.7. The molecule has 0 unspecified atom stereocenters. The van der Waals surface area contributed by atoms with Gasteiger partial charge in [0.2, 0.25) is 0 Å². The van der Waals surface area contributed by atoms with Gasteiger partial charge in [-0.3, -0.25) is 4.79 Å². The van der Waals surface area contributed by atoms with Crippen LogP contribution in [0.15, 0.2) is 23.3 Å². The average molecular weight is 222 g/mol. The monoisotopic (exact) mass is 222 g/mol. The van der Waals surface area contributed by atoms with Crippen molar-refractivity contribution >= 4 is 5.97 Å². The molecule has 0 aromatic heterocycles. The second kappa shape index (κ2) is 6.91. The van der Waals surface area contributed by atoms with Crippen LogP contribution in [0.5, 0.6) is 0 Å². The van der Waals surface area contributed by atoms with E-state index in [-0.39, 0.29) is 17.7 Å². The first-order chi connectivity index (χ1) is 7.58. The highest BCUT2D eigenvalue weighted by atomic mass is 16.6. The molecular weight excluding hydrogens is 212 g/mol. The van der Waals surface area contributed by atoms with E-state index in [0.29, 0.717) is 0 Å². The molecule has 0 radical (unpaired) electrons. The molecule has 0 atom stereocenters. The number of esters is 1. The Morgan fingerprint density at radius 3 is 2.56 bits per heavy atom. The Morgan fingerprint density at radius 1 is 1.56 bits per heavy atom. The maximum atomic E-state index is 11.0. The highest BCUT2D eigenvalue weighted by Crippen LogP contribution is 2.14. The Balaban J connectivity index is 5.25. The molecule has 1 N–H and O–H groups in total. The van der Waals surface area contributed by atoms with E-state index in [1.807, 2.05) is 0 Å². The van der Waals surface area contributed by atoms with Crippen molar-refractivity contribution in [3.8, 4) is 6.07 Å². The largest absolute Gasteiger partial charge is 0.481 e. The first-order valence-corrected chi connectivity index (χ1v) is 4.11. The molecule has 0 aliphatic heterocycles. The van der Waals surface area contributed by atoms with Crippen molar-refractivity contribution in [3.63, 3.8) is 0 Å². The molecular formula is C10H10N2O4. The number of aliphatic hydroxyl groups excluding tert-OH is 1. The molecule has 84 valence electrons. The predicted molar refractivity (Wildman–Crippen MR) is 53.6 cm³/mol. The van der Waals surface area contributed by atoms with Gasteiger partial charge < -0.3 is 14.6 Å². The lowest BCUT2D eigenvalue weighted by molar-refractivity contribution is -0.139. The zero-order valence-corrected chi connectivity index (χ0v) is 8.85. The molecule has 0 spiro atoms. The van der Waals surface area contributed by atoms with Crippen LogP contribution in [-0.2, 0) is 14.3 Å². The lowest BCUT2D eigenvalue weighted by Crippen LogP contribution is -2.03. The summed E-state index contributed by atoms with van der Waals surface area (Å²) in [6.07, 6.45) is 0.753. The van der Waals surface area contributed by atoms with Gasteiger partial charge >= 0.3 is 5.97 Å². The number of methoxy groups -OCH3 is 2. The first-order valence-electron chi connectivity index (χ1n) is 4.11. The third-order valence-corrected chi connectivity index (χ3v) is 1.59. The third kappa shape index (κ3) is 4.16. The van der Waals surface area contributed by atoms with Crippen LogP contribution >= 0.6 is 0 Å². The van der Waals surface area contributed by atoms with Gasteiger partial charge in [-0.15, -0.1) is 0 Å². The van der Waals surface area contributed by atoms with Crippen molar-refractivity contribution in [1.82, 2.24) is 0 Å². The smallest absolute Gasteiger partial charge is 0.308 e. The molecule has 16 heavy (non-hydrogen) atoms. The Bertz CT molecular complexity index is 394. The quantitative estimate of drug-likeness (QED) is 0.255. The number of allylic oxidation sites excluding steroid dienone is 2. The number of hydrogen-bond donors (Lipinski definition) is 1. The molecule has 0 aliphatic rings. The molecule has 0 saturated carbocycles. The number of nitrogens with zero attached hydrogens (tertiary/aromatic N) is 2. The van der Waals surface area contributed by atoms with E-state index >= 15 is 0 Å². The molecule has 0 aliphatic carbocycles. The van der Waals surface area contributed by atoms with Gasteiger partial charge in [-0.25, -0.2) is 10.1 Å². The van der Waals surface area contributed by atoms with Gasteiger partial charge in [-0.2, -0.15) is 0 Å². The van der Waals surface area contributed by atoms with E-state index < -0.39 is 11.9 Å². The number of nitriles is 1. The lowest BCUT2D eigenvalue weighted by Gasteiger charge is -2.02. The van der Waals surface area contributed by atoms with Crippen LogP contribution < -0.4 is 0 Å². The van der Waals surface area contributed by atoms with Crippen molar-refractivity contribution in [2.45, 2.75) is 6.42 Å². The minimum absolute atomic E-state index is 0.0451. The highest BCUT2D eigenvalue weighted by molar-refractivity contribution is 5.74. The summed E-state index contributed by atoms with van der Waals surface area (Å²) >= 11 is 0. The molecule has 0 fully saturated rings. The summed E-state index contributed by atoms with van der Waals surface area (Å²) in [5.74, 6) is -1.11. The van der Waals surface area contributed by atoms with Crippen LogP contribution in [-0.4, -0.2) is 25.3 Å². The van der Waals surface area contributed by atoms with Crippen LogP contribution in [0, 0.1) is 17.9 Å². The van der Waals surface area contributed by atoms with Crippen molar-refractivity contribution in [2.24, 2.45) is 0 Å². The van der Waals surface area contributed by atoms with Gasteiger partial charge in [-0.1, -0.05) is 0 Å². The second-order valence-corrected chi connectivity index (χ2v) is 2.54. The molecule has 0 bridgehead atoms. The molecule has 0 rings (SSSR count). The van der Waals surface area contributed by atoms with E-state index in [1.165, 1.54) is 14.2 Å². The van der Waals surface area contributed by atoms with E-state index in [2.05, 4.69) is 14.3 Å². The third-order valence-electron chi connectivity index (χ3n) is 1.59. The Hall–Kier alpha value is -2.47. The molecule has 0 saturated heterocycles. The lowest BCUT2D eigenvalue weighted by atomic mass is 10.1. The predicted octanol–water partition coefficient (Wildman–Crippen LogP) is 1.29. The zero-order chi connectivity index (χ0) is 12.6. The number of rotatable bonds is 4. The van der Waals surface area contributed by atoms with Crippen molar-refractivity contribution in [1.29, 1.82) is 5.26 Å². The van der Waals surface area contributed by atoms with Crippen LogP contribution in [0.1, 0.15) is 6.42 Å². The van der Waals surface area contributed by atoms with Gasteiger partial charge in [0, 0.05) is 6.08 Å². The summed E-state index contributed by atoms with van der Waals surface area (Å²) in [6, 6.07) is 1.62. The average Bonchev–Trinajstić information content (AvgIpc) is 2.29. The van der Waals surface area contributed by atoms with E-state index in [1.54, 1.807) is 6.07 Å². The second-order valence-electron chi connectivity index (χ2n) is 2.54. The van der Waals surface area contributed by atoms with Gasteiger partial charge in [0.15, 0.2) is 0 Å². The van der Waals surface area contributed by atoms with Gasteiger partial charge in [0.05, 0.1) is 33.3 Å². The normalized spacial score (nSPS) is 11.9. The minimum atomic E-state index is -0.619. The van der Waals surface area contributed by atoms with Crippen LogP contribution in [0.3, 0.4) is 0 Å². The van der Waals surface area contributed by atoms with Gasteiger partial charge in [-0.05, 0) is 5.57 Å². The summed E-state index contributed by atoms with van der Waals surface area (Å²) in [6.45, 7) is 6.73. The molecule has 0 amide bonds. The summed E-state index contributed by atoms with van der Waals surface area (Å²) in [4.78, 5) is 13.9. The fraction of sp³-hybridized carbons (Fsp3) is 0.300. The topological polar surface area (TPSA) is 83.9 Å². The fourth-order valence-electron chi connectivity index (χ4n) is 0.807. The number of hydrogen-bond acceptors (Lipinski definition) is 5. The van der Waals surface area contributed by atoms with Crippen LogP contribution in [0.4, 0.5) is 0 Å². The molecule has 0 aromatic rings. The Labute approximate surface area is 92.8 Å². The van der Waals surface area contributed by atoms with Crippen molar-refractivity contribution < 1.29 is 19.4 Å². The number of aliphatic hydroxyl groups is 1. The highest BCUT2D eigenvalue weighted by Gasteiger charge is 2.11. The minimum Gasteiger partial charge on any atom is -0.481 e. The first kappa shape index (κ1) is 13.5. The fourth-order valence-corrected chi connectivity index (χ4v) is 0.807. The molecule has 6 nitrogen and oxygen atoms in total. The maximum absolute atomic E-state index is 11.0. The van der Waals surface area contributed by atoms with Crippen LogP contribution in [0.25, 0.3) is 4.85 Å². The summed E-state index contributed by atoms with van der Waals surface area (Å²) < 4.78 is 8.85. The van der Waals surface area contributed by atoms with Gasteiger partial charge in [0.1, 0.15) is 0 Å². The zero-order valence-electron chi connectivity index (χ0n) is 8.85. The van der Waals surface area contributed by atoms with Crippen molar-refractivity contribution in [2.75, 3.05) is 14.2 Å². The SMILES string of the molecule is [C-]#[N+]/C(C#N)=C(/C=C(\O)OC)CC(=O)OC. The summed E-state index contributed by atoms with van der Waals surface area (Å²) in [5.41, 5.74) is -0.252. The number of carbonyl (C=O) groups excluding carboxylic acids is 1. The Morgan fingerprint density at radius 2 is 2.19 bits per heavy atom. The Kier molecular flexibility index (Phi) is 5.84.